The van der Waals surface area contributed by atoms with Gasteiger partial charge in [-0.1, -0.05) is 6.07 Å². The van der Waals surface area contributed by atoms with E-state index < -0.39 is 22.3 Å². The largest absolute Gasteiger partial charge is 0.457 e. The van der Waals surface area contributed by atoms with Crippen molar-refractivity contribution in [3.63, 3.8) is 0 Å². The van der Waals surface area contributed by atoms with Crippen LogP contribution in [0.2, 0.25) is 0 Å². The number of nitrogens with one attached hydrogen (secondary N) is 1. The topological polar surface area (TPSA) is 119 Å². The molecule has 0 radical (unpaired) electrons. The second-order valence-corrected chi connectivity index (χ2v) is 8.76. The van der Waals surface area contributed by atoms with Crippen LogP contribution in [0.25, 0.3) is 0 Å². The summed E-state index contributed by atoms with van der Waals surface area (Å²) in [6.45, 7) is 5.61. The molecule has 0 fully saturated rings. The Morgan fingerprint density at radius 1 is 0.912 bits per heavy atom. The van der Waals surface area contributed by atoms with Crippen LogP contribution in [0, 0.1) is 10.1 Å². The zero-order chi connectivity index (χ0) is 24.6. The monoisotopic (exact) mass is 459 g/mol. The first-order valence-electron chi connectivity index (χ1n) is 10.4. The molecule has 1 aliphatic heterocycles. The summed E-state index contributed by atoms with van der Waals surface area (Å²) in [5, 5.41) is 13.8. The van der Waals surface area contributed by atoms with Crippen LogP contribution in [-0.2, 0) is 0 Å². The van der Waals surface area contributed by atoms with Crippen molar-refractivity contribution in [2.75, 3.05) is 4.90 Å². The summed E-state index contributed by atoms with van der Waals surface area (Å²) in [7, 11) is 0. The number of fused-ring (bicyclic) bond motifs is 1. The molecule has 3 amide bonds. The summed E-state index contributed by atoms with van der Waals surface area (Å²) in [4.78, 5) is 49.8. The van der Waals surface area contributed by atoms with Crippen molar-refractivity contribution in [1.29, 1.82) is 0 Å². The van der Waals surface area contributed by atoms with Gasteiger partial charge in [0.1, 0.15) is 11.5 Å². The second-order valence-electron chi connectivity index (χ2n) is 8.76. The van der Waals surface area contributed by atoms with Gasteiger partial charge in [0.05, 0.1) is 27.8 Å². The van der Waals surface area contributed by atoms with E-state index in [4.69, 9.17) is 4.74 Å². The molecule has 1 aliphatic rings. The first-order valence-corrected chi connectivity index (χ1v) is 10.4. The SMILES string of the molecule is CC(C)(C)NC(=O)c1ccc(N2C(=O)c3ccc(Oc4cccc([N+](=O)[O-])c4)cc3C2=O)cc1. The lowest BCUT2D eigenvalue weighted by Gasteiger charge is -2.21. The van der Waals surface area contributed by atoms with Gasteiger partial charge in [-0.25, -0.2) is 4.90 Å². The third kappa shape index (κ3) is 4.49. The lowest BCUT2D eigenvalue weighted by molar-refractivity contribution is -0.384. The van der Waals surface area contributed by atoms with Gasteiger partial charge in [0, 0.05) is 17.2 Å². The van der Waals surface area contributed by atoms with E-state index in [9.17, 15) is 24.5 Å². The standard InChI is InChI=1S/C25H21N3O6/c1-25(2,3)26-22(29)15-7-9-16(10-8-15)27-23(30)20-12-11-19(14-21(20)24(27)31)34-18-6-4-5-17(13-18)28(32)33/h4-14H,1-3H3,(H,26,29). The van der Waals surface area contributed by atoms with E-state index in [0.29, 0.717) is 11.3 Å². The van der Waals surface area contributed by atoms with Crippen molar-refractivity contribution in [3.05, 3.63) is 93.5 Å². The van der Waals surface area contributed by atoms with Gasteiger partial charge in [-0.3, -0.25) is 24.5 Å². The Kier molecular flexibility index (Phi) is 5.62. The van der Waals surface area contributed by atoms with Gasteiger partial charge >= 0.3 is 0 Å². The lowest BCUT2D eigenvalue weighted by atomic mass is 10.1. The molecule has 1 heterocycles. The minimum absolute atomic E-state index is 0.129. The van der Waals surface area contributed by atoms with E-state index in [1.165, 1.54) is 36.4 Å². The van der Waals surface area contributed by atoms with E-state index in [0.717, 1.165) is 4.90 Å². The number of amides is 3. The summed E-state index contributed by atoms with van der Waals surface area (Å²) >= 11 is 0. The van der Waals surface area contributed by atoms with E-state index in [1.54, 1.807) is 30.3 Å². The first kappa shape index (κ1) is 22.7. The lowest BCUT2D eigenvalue weighted by Crippen LogP contribution is -2.40. The maximum atomic E-state index is 13.0. The number of ether oxygens (including phenoxy) is 1. The fourth-order valence-electron chi connectivity index (χ4n) is 3.49. The highest BCUT2D eigenvalue weighted by atomic mass is 16.6. The number of hydrogen-bond donors (Lipinski definition) is 1. The second kappa shape index (κ2) is 8.43. The van der Waals surface area contributed by atoms with Gasteiger partial charge in [-0.2, -0.15) is 0 Å². The first-order chi connectivity index (χ1) is 16.0. The van der Waals surface area contributed by atoms with Crippen LogP contribution in [0.15, 0.2) is 66.7 Å². The van der Waals surface area contributed by atoms with Gasteiger partial charge in [0.25, 0.3) is 23.4 Å². The Bertz CT molecular complexity index is 1330. The number of benzene rings is 3. The summed E-state index contributed by atoms with van der Waals surface area (Å²) in [5.41, 5.74) is 0.578. The summed E-state index contributed by atoms with van der Waals surface area (Å²) < 4.78 is 5.67. The molecule has 0 bridgehead atoms. The zero-order valence-electron chi connectivity index (χ0n) is 18.7. The van der Waals surface area contributed by atoms with Gasteiger partial charge in [-0.05, 0) is 69.3 Å². The van der Waals surface area contributed by atoms with Crippen LogP contribution < -0.4 is 15.0 Å². The maximum Gasteiger partial charge on any atom is 0.273 e. The number of nitro groups is 1. The number of rotatable bonds is 5. The maximum absolute atomic E-state index is 13.0. The molecule has 3 aromatic rings. The highest BCUT2D eigenvalue weighted by molar-refractivity contribution is 6.34. The summed E-state index contributed by atoms with van der Waals surface area (Å²) in [5.74, 6) is -0.794. The fraction of sp³-hybridized carbons (Fsp3) is 0.160. The Balaban J connectivity index is 1.56. The van der Waals surface area contributed by atoms with Crippen LogP contribution in [0.4, 0.5) is 11.4 Å². The molecule has 172 valence electrons. The van der Waals surface area contributed by atoms with Crippen LogP contribution in [0.1, 0.15) is 51.8 Å². The molecule has 4 rings (SSSR count). The van der Waals surface area contributed by atoms with Crippen molar-refractivity contribution in [2.45, 2.75) is 26.3 Å². The zero-order valence-corrected chi connectivity index (χ0v) is 18.7. The van der Waals surface area contributed by atoms with Crippen molar-refractivity contribution in [1.82, 2.24) is 5.32 Å². The fourth-order valence-corrected chi connectivity index (χ4v) is 3.49. The Hall–Kier alpha value is -4.53. The van der Waals surface area contributed by atoms with E-state index in [1.807, 2.05) is 20.8 Å². The van der Waals surface area contributed by atoms with E-state index in [-0.39, 0.29) is 34.2 Å². The highest BCUT2D eigenvalue weighted by Crippen LogP contribution is 2.33. The molecule has 34 heavy (non-hydrogen) atoms. The number of imide groups is 1. The van der Waals surface area contributed by atoms with Crippen LogP contribution in [-0.4, -0.2) is 28.2 Å². The third-order valence-electron chi connectivity index (χ3n) is 5.00. The summed E-state index contributed by atoms with van der Waals surface area (Å²) in [6.07, 6.45) is 0. The molecular weight excluding hydrogens is 438 g/mol. The predicted octanol–water partition coefficient (Wildman–Crippen LogP) is 4.72. The number of carbonyl (C=O) groups is 3. The molecule has 0 saturated heterocycles. The van der Waals surface area contributed by atoms with Crippen LogP contribution in [0.5, 0.6) is 11.5 Å². The van der Waals surface area contributed by atoms with Crippen LogP contribution >= 0.6 is 0 Å². The Morgan fingerprint density at radius 2 is 1.56 bits per heavy atom. The minimum Gasteiger partial charge on any atom is -0.457 e. The number of carbonyl (C=O) groups excluding carboxylic acids is 3. The minimum atomic E-state index is -0.534. The predicted molar refractivity (Wildman–Crippen MR) is 124 cm³/mol. The smallest absolute Gasteiger partial charge is 0.273 e. The Labute approximate surface area is 195 Å². The van der Waals surface area contributed by atoms with Gasteiger partial charge in [0.2, 0.25) is 0 Å². The van der Waals surface area contributed by atoms with Crippen molar-refractivity contribution < 1.29 is 24.0 Å². The molecule has 0 saturated carbocycles. The molecule has 3 aromatic carbocycles. The van der Waals surface area contributed by atoms with Crippen molar-refractivity contribution in [3.8, 4) is 11.5 Å². The number of hydrogen-bond acceptors (Lipinski definition) is 6. The number of nitro benzene ring substituents is 1. The molecular formula is C25H21N3O6. The van der Waals surface area contributed by atoms with Crippen molar-refractivity contribution in [2.24, 2.45) is 0 Å². The molecule has 0 atom stereocenters. The average molecular weight is 459 g/mol. The molecule has 0 aliphatic carbocycles. The molecule has 0 spiro atoms. The van der Waals surface area contributed by atoms with Gasteiger partial charge in [0.15, 0.2) is 0 Å². The van der Waals surface area contributed by atoms with Crippen LogP contribution in [0.3, 0.4) is 0 Å². The molecule has 9 heteroatoms. The number of nitrogens with zero attached hydrogens (tertiary/aromatic N) is 2. The molecule has 1 N–H and O–H groups in total. The average Bonchev–Trinajstić information content (AvgIpc) is 3.02. The van der Waals surface area contributed by atoms with Gasteiger partial charge < -0.3 is 10.1 Å². The Morgan fingerprint density at radius 3 is 2.21 bits per heavy atom. The van der Waals surface area contributed by atoms with E-state index >= 15 is 0 Å². The normalized spacial score (nSPS) is 13.0. The van der Waals surface area contributed by atoms with Gasteiger partial charge in [-0.15, -0.1) is 0 Å². The third-order valence-corrected chi connectivity index (χ3v) is 5.00. The molecule has 0 aromatic heterocycles. The highest BCUT2D eigenvalue weighted by Gasteiger charge is 2.37. The molecule has 0 unspecified atom stereocenters. The van der Waals surface area contributed by atoms with E-state index in [2.05, 4.69) is 5.32 Å². The quantitative estimate of drug-likeness (QED) is 0.335. The van der Waals surface area contributed by atoms with Crippen molar-refractivity contribution >= 4 is 29.1 Å². The number of non-ortho nitro benzene ring substituents is 1. The number of anilines is 1. The molecule has 9 nitrogen and oxygen atoms in total. The summed E-state index contributed by atoms with van der Waals surface area (Å²) in [6, 6.07) is 16.3.